The molecule has 3 aromatic rings. The summed E-state index contributed by atoms with van der Waals surface area (Å²) < 4.78 is 10.6. The predicted molar refractivity (Wildman–Crippen MR) is 111 cm³/mol. The summed E-state index contributed by atoms with van der Waals surface area (Å²) in [5.41, 5.74) is 2.90. The van der Waals surface area contributed by atoms with Gasteiger partial charge in [-0.2, -0.15) is 10.1 Å². The van der Waals surface area contributed by atoms with Crippen LogP contribution >= 0.6 is 11.6 Å². The summed E-state index contributed by atoms with van der Waals surface area (Å²) in [6.45, 7) is 2.62. The van der Waals surface area contributed by atoms with Crippen molar-refractivity contribution in [2.45, 2.75) is 13.3 Å². The highest BCUT2D eigenvalue weighted by Gasteiger charge is 2.07. The zero-order chi connectivity index (χ0) is 19.9. The molecule has 0 radical (unpaired) electrons. The fourth-order valence-electron chi connectivity index (χ4n) is 2.68. The Bertz CT molecular complexity index is 952. The Balaban J connectivity index is 1.61. The van der Waals surface area contributed by atoms with Crippen LogP contribution in [0.1, 0.15) is 11.1 Å². The van der Waals surface area contributed by atoms with Gasteiger partial charge in [-0.15, -0.1) is 5.10 Å². The molecule has 146 valence electrons. The van der Waals surface area contributed by atoms with Crippen LogP contribution in [0.2, 0.25) is 5.02 Å². The summed E-state index contributed by atoms with van der Waals surface area (Å²) in [6.07, 6.45) is 2.38. The summed E-state index contributed by atoms with van der Waals surface area (Å²) in [6, 6.07) is 11.5. The van der Waals surface area contributed by atoms with Gasteiger partial charge in [0, 0.05) is 17.3 Å². The van der Waals surface area contributed by atoms with E-state index in [0.29, 0.717) is 34.8 Å². The van der Waals surface area contributed by atoms with Gasteiger partial charge in [-0.3, -0.25) is 0 Å². The zero-order valence-corrected chi connectivity index (χ0v) is 16.7. The van der Waals surface area contributed by atoms with Crippen LogP contribution in [0.4, 0.5) is 17.5 Å². The monoisotopic (exact) mass is 399 g/mol. The van der Waals surface area contributed by atoms with E-state index in [2.05, 4.69) is 25.8 Å². The molecule has 0 spiro atoms. The van der Waals surface area contributed by atoms with Crippen molar-refractivity contribution in [2.24, 2.45) is 0 Å². The smallest absolute Gasteiger partial charge is 0.249 e. The molecular weight excluding hydrogens is 378 g/mol. The number of halogens is 1. The van der Waals surface area contributed by atoms with Crippen molar-refractivity contribution in [1.82, 2.24) is 15.2 Å². The molecule has 7 nitrogen and oxygen atoms in total. The molecule has 2 aromatic carbocycles. The molecule has 1 heterocycles. The normalized spacial score (nSPS) is 10.4. The minimum absolute atomic E-state index is 0.404. The summed E-state index contributed by atoms with van der Waals surface area (Å²) in [5, 5.41) is 15.1. The maximum atomic E-state index is 6.15. The van der Waals surface area contributed by atoms with Gasteiger partial charge in [0.05, 0.1) is 20.4 Å². The molecule has 1 aromatic heterocycles. The molecule has 28 heavy (non-hydrogen) atoms. The SMILES string of the molecule is COc1ccc(CCNc2cnnc(Nc3cccc(Cl)c3C)n2)cc1OC. The fourth-order valence-corrected chi connectivity index (χ4v) is 2.85. The van der Waals surface area contributed by atoms with E-state index in [-0.39, 0.29) is 0 Å². The topological polar surface area (TPSA) is 81.2 Å². The van der Waals surface area contributed by atoms with Crippen LogP contribution < -0.4 is 20.1 Å². The van der Waals surface area contributed by atoms with Crippen LogP contribution in [0.15, 0.2) is 42.6 Å². The van der Waals surface area contributed by atoms with Crippen molar-refractivity contribution in [2.75, 3.05) is 31.4 Å². The van der Waals surface area contributed by atoms with E-state index in [1.54, 1.807) is 20.4 Å². The molecule has 0 bridgehead atoms. The molecule has 0 aliphatic heterocycles. The molecule has 0 saturated heterocycles. The van der Waals surface area contributed by atoms with Gasteiger partial charge in [-0.1, -0.05) is 23.7 Å². The van der Waals surface area contributed by atoms with E-state index >= 15 is 0 Å². The number of nitrogens with zero attached hydrogens (tertiary/aromatic N) is 3. The Kier molecular flexibility index (Phi) is 6.49. The number of methoxy groups -OCH3 is 2. The van der Waals surface area contributed by atoms with Crippen LogP contribution in [-0.2, 0) is 6.42 Å². The maximum absolute atomic E-state index is 6.15. The van der Waals surface area contributed by atoms with Crippen molar-refractivity contribution in [3.05, 3.63) is 58.7 Å². The quantitative estimate of drug-likeness (QED) is 0.586. The summed E-state index contributed by atoms with van der Waals surface area (Å²) in [4.78, 5) is 4.45. The van der Waals surface area contributed by atoms with Crippen molar-refractivity contribution in [3.63, 3.8) is 0 Å². The molecule has 3 rings (SSSR count). The average Bonchev–Trinajstić information content (AvgIpc) is 2.71. The highest BCUT2D eigenvalue weighted by atomic mass is 35.5. The highest BCUT2D eigenvalue weighted by Crippen LogP contribution is 2.28. The lowest BCUT2D eigenvalue weighted by atomic mass is 10.1. The highest BCUT2D eigenvalue weighted by molar-refractivity contribution is 6.31. The van der Waals surface area contributed by atoms with Crippen molar-refractivity contribution >= 4 is 29.1 Å². The Labute approximate surface area is 169 Å². The van der Waals surface area contributed by atoms with Gasteiger partial charge in [0.15, 0.2) is 17.3 Å². The third-order valence-electron chi connectivity index (χ3n) is 4.24. The fraction of sp³-hybridized carbons (Fsp3) is 0.250. The van der Waals surface area contributed by atoms with Crippen molar-refractivity contribution in [1.29, 1.82) is 0 Å². The van der Waals surface area contributed by atoms with Gasteiger partial charge < -0.3 is 20.1 Å². The van der Waals surface area contributed by atoms with Crippen LogP contribution in [0.5, 0.6) is 11.5 Å². The molecule has 0 fully saturated rings. The number of hydrogen-bond donors (Lipinski definition) is 2. The largest absolute Gasteiger partial charge is 0.493 e. The number of anilines is 3. The molecule has 0 amide bonds. The van der Waals surface area contributed by atoms with Crippen LogP contribution in [0.3, 0.4) is 0 Å². The first-order chi connectivity index (χ1) is 13.6. The number of hydrogen-bond acceptors (Lipinski definition) is 7. The van der Waals surface area contributed by atoms with Gasteiger partial charge in [-0.25, -0.2) is 0 Å². The van der Waals surface area contributed by atoms with E-state index in [0.717, 1.165) is 23.2 Å². The average molecular weight is 400 g/mol. The molecule has 0 aliphatic carbocycles. The van der Waals surface area contributed by atoms with Crippen molar-refractivity contribution in [3.8, 4) is 11.5 Å². The second-order valence-corrected chi connectivity index (χ2v) is 6.48. The number of rotatable bonds is 8. The van der Waals surface area contributed by atoms with Crippen LogP contribution in [-0.4, -0.2) is 35.9 Å². The van der Waals surface area contributed by atoms with Gasteiger partial charge in [0.2, 0.25) is 5.95 Å². The molecule has 0 aliphatic rings. The van der Waals surface area contributed by atoms with Gasteiger partial charge in [0.25, 0.3) is 0 Å². The number of benzene rings is 2. The molecule has 0 unspecified atom stereocenters. The first kappa shape index (κ1) is 19.7. The minimum Gasteiger partial charge on any atom is -0.493 e. The molecule has 2 N–H and O–H groups in total. The van der Waals surface area contributed by atoms with Crippen LogP contribution in [0, 0.1) is 6.92 Å². The lowest BCUT2D eigenvalue weighted by molar-refractivity contribution is 0.354. The lowest BCUT2D eigenvalue weighted by Crippen LogP contribution is -2.09. The van der Waals surface area contributed by atoms with E-state index in [1.165, 1.54) is 0 Å². The summed E-state index contributed by atoms with van der Waals surface area (Å²) >= 11 is 6.15. The first-order valence-corrected chi connectivity index (χ1v) is 9.15. The van der Waals surface area contributed by atoms with E-state index in [4.69, 9.17) is 21.1 Å². The third kappa shape index (κ3) is 4.80. The Morgan fingerprint density at radius 3 is 2.68 bits per heavy atom. The second kappa shape index (κ2) is 9.23. The first-order valence-electron chi connectivity index (χ1n) is 8.77. The van der Waals surface area contributed by atoms with Crippen LogP contribution in [0.25, 0.3) is 0 Å². The van der Waals surface area contributed by atoms with Gasteiger partial charge >= 0.3 is 0 Å². The maximum Gasteiger partial charge on any atom is 0.249 e. The Morgan fingerprint density at radius 1 is 1.07 bits per heavy atom. The molecular formula is C20H22ClN5O2. The van der Waals surface area contributed by atoms with E-state index in [1.807, 2.05) is 43.3 Å². The minimum atomic E-state index is 0.404. The standard InChI is InChI=1S/C20H22ClN5O2/c1-13-15(21)5-4-6-16(13)24-20-25-19(12-23-26-20)22-10-9-14-7-8-17(27-2)18(11-14)28-3/h4-8,11-12H,9-10H2,1-3H3,(H2,22,24,25,26). The Morgan fingerprint density at radius 2 is 1.89 bits per heavy atom. The number of aromatic nitrogens is 3. The second-order valence-electron chi connectivity index (χ2n) is 6.07. The number of nitrogens with one attached hydrogen (secondary N) is 2. The molecule has 0 atom stereocenters. The predicted octanol–water partition coefficient (Wildman–Crippen LogP) is 4.25. The molecule has 0 saturated carbocycles. The zero-order valence-electron chi connectivity index (χ0n) is 16.0. The lowest BCUT2D eigenvalue weighted by Gasteiger charge is -2.11. The third-order valence-corrected chi connectivity index (χ3v) is 4.65. The van der Waals surface area contributed by atoms with Gasteiger partial charge in [0.1, 0.15) is 0 Å². The Hall–Kier alpha value is -3.06. The summed E-state index contributed by atoms with van der Waals surface area (Å²) in [5.74, 6) is 2.47. The van der Waals surface area contributed by atoms with E-state index in [9.17, 15) is 0 Å². The number of ether oxygens (including phenoxy) is 2. The van der Waals surface area contributed by atoms with Crippen molar-refractivity contribution < 1.29 is 9.47 Å². The van der Waals surface area contributed by atoms with E-state index < -0.39 is 0 Å². The summed E-state index contributed by atoms with van der Waals surface area (Å²) in [7, 11) is 3.25. The molecule has 8 heteroatoms. The van der Waals surface area contributed by atoms with Gasteiger partial charge in [-0.05, 0) is 48.7 Å².